The molecule has 0 saturated heterocycles. The number of carbonyl (C=O) groups excluding carboxylic acids is 2. The molecule has 2 aromatic carbocycles. The minimum atomic E-state index is -0.927. The topological polar surface area (TPSA) is 76.7 Å². The van der Waals surface area contributed by atoms with Gasteiger partial charge in [-0.25, -0.2) is 4.39 Å². The van der Waals surface area contributed by atoms with Crippen LogP contribution in [0.25, 0.3) is 0 Å². The van der Waals surface area contributed by atoms with E-state index in [2.05, 4.69) is 10.9 Å². The van der Waals surface area contributed by atoms with Crippen molar-refractivity contribution in [3.05, 3.63) is 57.8 Å². The molecule has 0 fully saturated rings. The standard InChI is InChI=1S/C17H15Cl2FN2O4/c1-9(26-12-5-3-11(20)4-6-12)16(23)21-22-17(24)10-7-13(18)15(25-2)14(19)8-10/h3-9H,1-2H3,(H,21,23)(H,22,24)/t9-/m1/s1. The third-order valence-corrected chi connectivity index (χ3v) is 3.82. The summed E-state index contributed by atoms with van der Waals surface area (Å²) >= 11 is 11.9. The molecule has 0 aliphatic heterocycles. The fraction of sp³-hybridized carbons (Fsp3) is 0.176. The van der Waals surface area contributed by atoms with Gasteiger partial charge >= 0.3 is 0 Å². The SMILES string of the molecule is COc1c(Cl)cc(C(=O)NNC(=O)[C@@H](C)Oc2ccc(F)cc2)cc1Cl. The Morgan fingerprint density at radius 1 is 1.08 bits per heavy atom. The fourth-order valence-electron chi connectivity index (χ4n) is 1.95. The van der Waals surface area contributed by atoms with Crippen LogP contribution in [0.4, 0.5) is 4.39 Å². The molecule has 26 heavy (non-hydrogen) atoms. The number of hydrogen-bond acceptors (Lipinski definition) is 4. The van der Waals surface area contributed by atoms with Crippen molar-refractivity contribution in [2.24, 2.45) is 0 Å². The molecule has 0 aliphatic rings. The molecule has 2 rings (SSSR count). The molecule has 0 unspecified atom stereocenters. The number of ether oxygens (including phenoxy) is 2. The van der Waals surface area contributed by atoms with Crippen LogP contribution in [0.15, 0.2) is 36.4 Å². The molecule has 2 aromatic rings. The van der Waals surface area contributed by atoms with E-state index in [1.165, 1.54) is 50.4 Å². The first-order chi connectivity index (χ1) is 12.3. The van der Waals surface area contributed by atoms with Gasteiger partial charge < -0.3 is 9.47 Å². The summed E-state index contributed by atoms with van der Waals surface area (Å²) < 4.78 is 23.2. The van der Waals surface area contributed by atoms with Crippen LogP contribution in [0, 0.1) is 5.82 Å². The molecule has 6 nitrogen and oxygen atoms in total. The summed E-state index contributed by atoms with van der Waals surface area (Å²) in [6.45, 7) is 1.48. The van der Waals surface area contributed by atoms with E-state index in [1.807, 2.05) is 0 Å². The van der Waals surface area contributed by atoms with Gasteiger partial charge in [0.25, 0.3) is 11.8 Å². The van der Waals surface area contributed by atoms with Gasteiger partial charge in [0.2, 0.25) is 0 Å². The number of methoxy groups -OCH3 is 1. The summed E-state index contributed by atoms with van der Waals surface area (Å²) in [5, 5.41) is 0.314. The summed E-state index contributed by atoms with van der Waals surface area (Å²) in [4.78, 5) is 24.1. The number of hydrogen-bond donors (Lipinski definition) is 2. The Balaban J connectivity index is 1.94. The molecule has 0 saturated carbocycles. The Hall–Kier alpha value is -2.51. The maximum atomic E-state index is 12.8. The lowest BCUT2D eigenvalue weighted by molar-refractivity contribution is -0.128. The zero-order chi connectivity index (χ0) is 19.3. The molecule has 0 aromatic heterocycles. The van der Waals surface area contributed by atoms with Crippen LogP contribution < -0.4 is 20.3 Å². The van der Waals surface area contributed by atoms with Crippen LogP contribution in [-0.2, 0) is 4.79 Å². The zero-order valence-corrected chi connectivity index (χ0v) is 15.3. The number of hydrazine groups is 1. The van der Waals surface area contributed by atoms with Crippen LogP contribution >= 0.6 is 23.2 Å². The highest BCUT2D eigenvalue weighted by Crippen LogP contribution is 2.33. The van der Waals surface area contributed by atoms with Gasteiger partial charge in [-0.2, -0.15) is 0 Å². The average molecular weight is 401 g/mol. The molecule has 138 valence electrons. The Morgan fingerprint density at radius 2 is 1.65 bits per heavy atom. The van der Waals surface area contributed by atoms with Crippen molar-refractivity contribution in [1.29, 1.82) is 0 Å². The van der Waals surface area contributed by atoms with Crippen molar-refractivity contribution in [3.8, 4) is 11.5 Å². The number of halogens is 3. The lowest BCUT2D eigenvalue weighted by Crippen LogP contribution is -2.47. The second-order valence-electron chi connectivity index (χ2n) is 5.13. The maximum Gasteiger partial charge on any atom is 0.279 e. The van der Waals surface area contributed by atoms with Crippen molar-refractivity contribution in [1.82, 2.24) is 10.9 Å². The molecular weight excluding hydrogens is 386 g/mol. The number of benzene rings is 2. The predicted molar refractivity (Wildman–Crippen MR) is 95.1 cm³/mol. The highest BCUT2D eigenvalue weighted by atomic mass is 35.5. The number of carbonyl (C=O) groups is 2. The van der Waals surface area contributed by atoms with Gasteiger partial charge in [-0.3, -0.25) is 20.4 Å². The summed E-state index contributed by atoms with van der Waals surface area (Å²) in [5.74, 6) is -1.09. The zero-order valence-electron chi connectivity index (χ0n) is 13.8. The van der Waals surface area contributed by atoms with E-state index in [0.29, 0.717) is 5.75 Å². The quantitative estimate of drug-likeness (QED) is 0.754. The van der Waals surface area contributed by atoms with Crippen molar-refractivity contribution in [2.45, 2.75) is 13.0 Å². The minimum absolute atomic E-state index is 0.133. The molecule has 0 aliphatic carbocycles. The van der Waals surface area contributed by atoms with E-state index >= 15 is 0 Å². The van der Waals surface area contributed by atoms with Gasteiger partial charge in [-0.1, -0.05) is 23.2 Å². The fourth-order valence-corrected chi connectivity index (χ4v) is 2.59. The lowest BCUT2D eigenvalue weighted by atomic mass is 10.2. The van der Waals surface area contributed by atoms with Crippen LogP contribution in [0.5, 0.6) is 11.5 Å². The molecule has 0 bridgehead atoms. The largest absolute Gasteiger partial charge is 0.494 e. The molecule has 9 heteroatoms. The summed E-state index contributed by atoms with van der Waals surface area (Å²) in [5.41, 5.74) is 4.59. The second-order valence-corrected chi connectivity index (χ2v) is 5.94. The van der Waals surface area contributed by atoms with Gasteiger partial charge in [-0.15, -0.1) is 0 Å². The highest BCUT2D eigenvalue weighted by molar-refractivity contribution is 6.37. The Labute approximate surface area is 159 Å². The van der Waals surface area contributed by atoms with Crippen molar-refractivity contribution >= 4 is 35.0 Å². The first-order valence-electron chi connectivity index (χ1n) is 7.37. The van der Waals surface area contributed by atoms with Crippen molar-refractivity contribution < 1.29 is 23.5 Å². The molecule has 0 spiro atoms. The number of nitrogens with one attached hydrogen (secondary N) is 2. The van der Waals surface area contributed by atoms with E-state index in [1.54, 1.807) is 0 Å². The van der Waals surface area contributed by atoms with E-state index in [-0.39, 0.29) is 21.4 Å². The monoisotopic (exact) mass is 400 g/mol. The molecule has 0 radical (unpaired) electrons. The molecule has 1 atom stereocenters. The Morgan fingerprint density at radius 3 is 2.19 bits per heavy atom. The van der Waals surface area contributed by atoms with Crippen LogP contribution in [0.3, 0.4) is 0 Å². The third kappa shape index (κ3) is 5.00. The van der Waals surface area contributed by atoms with E-state index in [9.17, 15) is 14.0 Å². The average Bonchev–Trinajstić information content (AvgIpc) is 2.60. The molecule has 2 amide bonds. The third-order valence-electron chi connectivity index (χ3n) is 3.26. The highest BCUT2D eigenvalue weighted by Gasteiger charge is 2.17. The normalized spacial score (nSPS) is 11.4. The Bertz CT molecular complexity index is 792. The predicted octanol–water partition coefficient (Wildman–Crippen LogP) is 3.37. The molecular formula is C17H15Cl2FN2O4. The van der Waals surface area contributed by atoms with E-state index in [4.69, 9.17) is 32.7 Å². The molecule has 2 N–H and O–H groups in total. The van der Waals surface area contributed by atoms with Crippen LogP contribution in [0.2, 0.25) is 10.0 Å². The van der Waals surface area contributed by atoms with Crippen LogP contribution in [0.1, 0.15) is 17.3 Å². The lowest BCUT2D eigenvalue weighted by Gasteiger charge is -2.15. The van der Waals surface area contributed by atoms with Gasteiger partial charge in [0, 0.05) is 5.56 Å². The molecule has 0 heterocycles. The minimum Gasteiger partial charge on any atom is -0.494 e. The first kappa shape index (κ1) is 19.8. The van der Waals surface area contributed by atoms with Gasteiger partial charge in [0.1, 0.15) is 11.6 Å². The summed E-state index contributed by atoms with van der Waals surface area (Å²) in [6.07, 6.45) is -0.927. The van der Waals surface area contributed by atoms with E-state index in [0.717, 1.165) is 0 Å². The van der Waals surface area contributed by atoms with E-state index < -0.39 is 23.7 Å². The number of amides is 2. The first-order valence-corrected chi connectivity index (χ1v) is 8.13. The summed E-state index contributed by atoms with van der Waals surface area (Å²) in [7, 11) is 1.40. The van der Waals surface area contributed by atoms with Crippen molar-refractivity contribution in [2.75, 3.05) is 7.11 Å². The smallest absolute Gasteiger partial charge is 0.279 e. The van der Waals surface area contributed by atoms with Gasteiger partial charge in [0.05, 0.1) is 17.2 Å². The maximum absolute atomic E-state index is 12.8. The Kier molecular flexibility index (Phi) is 6.65. The number of rotatable bonds is 5. The second kappa shape index (κ2) is 8.73. The summed E-state index contributed by atoms with van der Waals surface area (Å²) in [6, 6.07) is 7.90. The van der Waals surface area contributed by atoms with Gasteiger partial charge in [-0.05, 0) is 43.3 Å². The van der Waals surface area contributed by atoms with Crippen LogP contribution in [-0.4, -0.2) is 25.0 Å². The van der Waals surface area contributed by atoms with Crippen molar-refractivity contribution in [3.63, 3.8) is 0 Å². The van der Waals surface area contributed by atoms with Gasteiger partial charge in [0.15, 0.2) is 11.9 Å².